The van der Waals surface area contributed by atoms with Crippen molar-refractivity contribution in [2.45, 2.75) is 36.2 Å². The number of rotatable bonds is 0. The summed E-state index contributed by atoms with van der Waals surface area (Å²) < 4.78 is 0. The molecule has 0 aromatic heterocycles. The summed E-state index contributed by atoms with van der Waals surface area (Å²) in [5, 5.41) is 0. The van der Waals surface area contributed by atoms with Crippen molar-refractivity contribution in [2.24, 2.45) is 5.92 Å². The molecule has 0 radical (unpaired) electrons. The van der Waals surface area contributed by atoms with Crippen molar-refractivity contribution in [3.05, 3.63) is 0 Å². The first kappa shape index (κ1) is 8.19. The first-order valence-corrected chi connectivity index (χ1v) is 9.18. The molecular weight excluding hydrogens is 182 g/mol. The molecular formula is C10H18P2. The van der Waals surface area contributed by atoms with E-state index in [-0.39, 0.29) is 0 Å². The second-order valence-corrected chi connectivity index (χ2v) is 10.0. The van der Waals surface area contributed by atoms with Crippen molar-refractivity contribution >= 4 is 15.8 Å². The van der Waals surface area contributed by atoms with Crippen LogP contribution in [0.1, 0.15) is 19.3 Å². The van der Waals surface area contributed by atoms with E-state index in [0.29, 0.717) is 15.8 Å². The molecule has 3 aliphatic rings. The summed E-state index contributed by atoms with van der Waals surface area (Å²) in [6.07, 6.45) is 6.44. The van der Waals surface area contributed by atoms with E-state index in [4.69, 9.17) is 0 Å². The Morgan fingerprint density at radius 3 is 2.50 bits per heavy atom. The highest BCUT2D eigenvalue weighted by molar-refractivity contribution is 7.64. The van der Waals surface area contributed by atoms with Crippen molar-refractivity contribution in [1.82, 2.24) is 0 Å². The van der Waals surface area contributed by atoms with Crippen LogP contribution in [0.25, 0.3) is 0 Å². The van der Waals surface area contributed by atoms with E-state index in [1.54, 1.807) is 25.4 Å². The zero-order chi connectivity index (χ0) is 8.29. The van der Waals surface area contributed by atoms with Gasteiger partial charge in [0.1, 0.15) is 0 Å². The summed E-state index contributed by atoms with van der Waals surface area (Å²) >= 11 is 0. The lowest BCUT2D eigenvalue weighted by molar-refractivity contribution is 0.432. The lowest BCUT2D eigenvalue weighted by atomic mass is 9.87. The molecule has 3 saturated heterocycles. The molecule has 0 aliphatic carbocycles. The van der Waals surface area contributed by atoms with E-state index in [9.17, 15) is 0 Å². The van der Waals surface area contributed by atoms with Crippen LogP contribution in [-0.2, 0) is 0 Å². The molecule has 2 unspecified atom stereocenters. The lowest BCUT2D eigenvalue weighted by Gasteiger charge is -2.26. The predicted molar refractivity (Wildman–Crippen MR) is 59.3 cm³/mol. The third-order valence-corrected chi connectivity index (χ3v) is 10.7. The van der Waals surface area contributed by atoms with Crippen molar-refractivity contribution in [3.8, 4) is 0 Å². The maximum Gasteiger partial charge on any atom is -0.0109 e. The van der Waals surface area contributed by atoms with Gasteiger partial charge in [0.25, 0.3) is 0 Å². The average molecular weight is 200 g/mol. The fraction of sp³-hybridized carbons (Fsp3) is 1.00. The van der Waals surface area contributed by atoms with Crippen LogP contribution in [0.4, 0.5) is 0 Å². The largest absolute Gasteiger partial charge is 0.106 e. The average Bonchev–Trinajstić information content (AvgIpc) is 2.66. The van der Waals surface area contributed by atoms with Crippen LogP contribution in [0.3, 0.4) is 0 Å². The topological polar surface area (TPSA) is 0 Å². The zero-order valence-corrected chi connectivity index (χ0v) is 9.82. The van der Waals surface area contributed by atoms with Gasteiger partial charge in [-0.15, -0.1) is 15.8 Å². The SMILES string of the molecule is CP1CC[C@@H]2[C@H]1[C@@H]1CC[C@H]2P1C. The van der Waals surface area contributed by atoms with Gasteiger partial charge in [0, 0.05) is 0 Å². The van der Waals surface area contributed by atoms with Gasteiger partial charge in [-0.2, -0.15) is 0 Å². The first-order chi connectivity index (χ1) is 5.79. The smallest absolute Gasteiger partial charge is 0.0109 e. The summed E-state index contributed by atoms with van der Waals surface area (Å²) in [5.74, 6) is 1.22. The fourth-order valence-electron chi connectivity index (χ4n) is 3.92. The van der Waals surface area contributed by atoms with Gasteiger partial charge in [-0.3, -0.25) is 0 Å². The Morgan fingerprint density at radius 1 is 1.00 bits per heavy atom. The number of hydrogen-bond acceptors (Lipinski definition) is 0. The molecule has 0 amide bonds. The maximum absolute atomic E-state index is 2.60. The molecule has 2 bridgehead atoms. The Balaban J connectivity index is 1.93. The van der Waals surface area contributed by atoms with Crippen LogP contribution in [0.15, 0.2) is 0 Å². The van der Waals surface area contributed by atoms with E-state index in [2.05, 4.69) is 13.3 Å². The molecule has 0 spiro atoms. The van der Waals surface area contributed by atoms with Gasteiger partial charge in [0.15, 0.2) is 0 Å². The highest BCUT2D eigenvalue weighted by Crippen LogP contribution is 2.73. The molecule has 3 rings (SSSR count). The molecule has 3 fully saturated rings. The van der Waals surface area contributed by atoms with E-state index in [1.165, 1.54) is 22.9 Å². The van der Waals surface area contributed by atoms with E-state index in [0.717, 1.165) is 0 Å². The molecule has 0 N–H and O–H groups in total. The van der Waals surface area contributed by atoms with Crippen LogP contribution in [0.5, 0.6) is 0 Å². The van der Waals surface area contributed by atoms with Crippen molar-refractivity contribution < 1.29 is 0 Å². The Bertz CT molecular complexity index is 202. The number of fused-ring (bicyclic) bond motifs is 5. The second kappa shape index (κ2) is 2.68. The van der Waals surface area contributed by atoms with Gasteiger partial charge in [0.2, 0.25) is 0 Å². The van der Waals surface area contributed by atoms with E-state index < -0.39 is 0 Å². The second-order valence-electron chi connectivity index (χ2n) is 4.80. The zero-order valence-electron chi connectivity index (χ0n) is 8.03. The van der Waals surface area contributed by atoms with Gasteiger partial charge in [-0.1, -0.05) is 0 Å². The third-order valence-electron chi connectivity index (χ3n) is 4.46. The standard InChI is InChI=1S/C10H18P2/c1-11-6-5-7-8-3-4-9(10(7)11)12(8)2/h7-10H,3-6H2,1-2H3/t7-,8+,9-,10-,11?,12?/m0/s1. The van der Waals surface area contributed by atoms with Crippen molar-refractivity contribution in [1.29, 1.82) is 0 Å². The molecule has 0 aromatic rings. The highest BCUT2D eigenvalue weighted by atomic mass is 31.1. The van der Waals surface area contributed by atoms with Crippen LogP contribution in [0.2, 0.25) is 0 Å². The first-order valence-electron chi connectivity index (χ1n) is 5.21. The summed E-state index contributed by atoms with van der Waals surface area (Å²) in [7, 11) is 0.949. The lowest BCUT2D eigenvalue weighted by Crippen LogP contribution is -2.25. The molecule has 68 valence electrons. The predicted octanol–water partition coefficient (Wildman–Crippen LogP) is 3.14. The van der Waals surface area contributed by atoms with Crippen LogP contribution < -0.4 is 0 Å². The van der Waals surface area contributed by atoms with Crippen LogP contribution >= 0.6 is 15.8 Å². The normalized spacial score (nSPS) is 62.5. The molecule has 0 saturated carbocycles. The van der Waals surface area contributed by atoms with Crippen LogP contribution in [0, 0.1) is 5.92 Å². The quantitative estimate of drug-likeness (QED) is 0.527. The van der Waals surface area contributed by atoms with Gasteiger partial charge in [-0.05, 0) is 61.6 Å². The summed E-state index contributed by atoms with van der Waals surface area (Å²) in [6, 6.07) is 0. The van der Waals surface area contributed by atoms with E-state index in [1.807, 2.05) is 0 Å². The minimum atomic E-state index is 0.469. The van der Waals surface area contributed by atoms with E-state index >= 15 is 0 Å². The minimum absolute atomic E-state index is 0.469. The Hall–Kier alpha value is 0.860. The summed E-state index contributed by atoms with van der Waals surface area (Å²) in [5.41, 5.74) is 3.70. The maximum atomic E-state index is 2.60. The molecule has 6 atom stereocenters. The Labute approximate surface area is 78.0 Å². The Morgan fingerprint density at radius 2 is 1.75 bits per heavy atom. The van der Waals surface area contributed by atoms with Gasteiger partial charge >= 0.3 is 0 Å². The third kappa shape index (κ3) is 0.869. The summed E-state index contributed by atoms with van der Waals surface area (Å²) in [4.78, 5) is 0. The molecule has 3 aliphatic heterocycles. The van der Waals surface area contributed by atoms with Crippen molar-refractivity contribution in [3.63, 3.8) is 0 Å². The van der Waals surface area contributed by atoms with Crippen molar-refractivity contribution in [2.75, 3.05) is 19.5 Å². The summed E-state index contributed by atoms with van der Waals surface area (Å²) in [6.45, 7) is 5.17. The van der Waals surface area contributed by atoms with Gasteiger partial charge in [0.05, 0.1) is 0 Å². The highest BCUT2D eigenvalue weighted by Gasteiger charge is 2.55. The van der Waals surface area contributed by atoms with Crippen LogP contribution in [-0.4, -0.2) is 36.5 Å². The molecule has 2 heteroatoms. The Kier molecular flexibility index (Phi) is 1.83. The molecule has 12 heavy (non-hydrogen) atoms. The number of hydrogen-bond donors (Lipinski definition) is 0. The van der Waals surface area contributed by atoms with Gasteiger partial charge < -0.3 is 0 Å². The monoisotopic (exact) mass is 200 g/mol. The molecule has 0 aromatic carbocycles. The molecule has 0 nitrogen and oxygen atoms in total. The van der Waals surface area contributed by atoms with Gasteiger partial charge in [-0.25, -0.2) is 0 Å². The minimum Gasteiger partial charge on any atom is -0.106 e. The molecule has 3 heterocycles. The fourth-order valence-corrected chi connectivity index (χ4v) is 11.4.